The minimum absolute atomic E-state index is 0.177. The van der Waals surface area contributed by atoms with E-state index in [1.807, 2.05) is 48.5 Å². The minimum atomic E-state index is 0.177. The third-order valence-electron chi connectivity index (χ3n) is 6.14. The summed E-state index contributed by atoms with van der Waals surface area (Å²) in [4.78, 5) is 0. The molecule has 2 heterocycles. The molecule has 0 bridgehead atoms. The Morgan fingerprint density at radius 3 is 1.44 bits per heavy atom. The fourth-order valence-corrected chi connectivity index (χ4v) is 3.85. The third kappa shape index (κ3) is 5.62. The Labute approximate surface area is 210 Å². The van der Waals surface area contributed by atoms with Gasteiger partial charge in [0.15, 0.2) is 0 Å². The number of epoxide rings is 1. The van der Waals surface area contributed by atoms with Crippen molar-refractivity contribution in [2.45, 2.75) is 12.2 Å². The van der Waals surface area contributed by atoms with Crippen LogP contribution in [0.25, 0.3) is 22.3 Å². The first-order valence-corrected chi connectivity index (χ1v) is 12.1. The Morgan fingerprint density at radius 1 is 0.583 bits per heavy atom. The van der Waals surface area contributed by atoms with Crippen molar-refractivity contribution in [3.05, 3.63) is 97.1 Å². The van der Waals surface area contributed by atoms with E-state index in [1.54, 1.807) is 0 Å². The summed E-state index contributed by atoms with van der Waals surface area (Å²) in [5, 5.41) is 8.79. The molecule has 6 nitrogen and oxygen atoms in total. The van der Waals surface area contributed by atoms with E-state index in [9.17, 15) is 0 Å². The largest absolute Gasteiger partial charge is 0.491 e. The van der Waals surface area contributed by atoms with E-state index in [-0.39, 0.29) is 12.2 Å². The van der Waals surface area contributed by atoms with Crippen LogP contribution in [0.3, 0.4) is 0 Å². The lowest BCUT2D eigenvalue weighted by atomic mass is 10.1. The van der Waals surface area contributed by atoms with Gasteiger partial charge in [-0.3, -0.25) is 0 Å². The Morgan fingerprint density at radius 2 is 1.03 bits per heavy atom. The molecule has 0 aliphatic carbocycles. The van der Waals surface area contributed by atoms with Gasteiger partial charge < -0.3 is 18.9 Å². The molecule has 2 aliphatic rings. The van der Waals surface area contributed by atoms with Gasteiger partial charge in [-0.2, -0.15) is 10.2 Å². The first-order chi connectivity index (χ1) is 17.8. The summed E-state index contributed by atoms with van der Waals surface area (Å²) < 4.78 is 21.9. The van der Waals surface area contributed by atoms with Crippen molar-refractivity contribution >= 4 is 11.4 Å². The maximum atomic E-state index is 5.83. The van der Waals surface area contributed by atoms with Crippen LogP contribution in [0.1, 0.15) is 0 Å². The predicted molar refractivity (Wildman–Crippen MR) is 138 cm³/mol. The number of rotatable bonds is 9. The van der Waals surface area contributed by atoms with Gasteiger partial charge >= 0.3 is 0 Å². The van der Waals surface area contributed by atoms with Gasteiger partial charge in [0.2, 0.25) is 0 Å². The van der Waals surface area contributed by atoms with Crippen molar-refractivity contribution in [1.82, 2.24) is 0 Å². The van der Waals surface area contributed by atoms with Crippen molar-refractivity contribution < 1.29 is 18.9 Å². The summed E-state index contributed by atoms with van der Waals surface area (Å²) in [6, 6.07) is 32.3. The highest BCUT2D eigenvalue weighted by molar-refractivity contribution is 5.67. The number of azo groups is 1. The lowest BCUT2D eigenvalue weighted by molar-refractivity contribution is -0.0796. The van der Waals surface area contributed by atoms with Crippen molar-refractivity contribution in [1.29, 1.82) is 0 Å². The van der Waals surface area contributed by atoms with E-state index in [1.165, 1.54) is 0 Å². The highest BCUT2D eigenvalue weighted by Crippen LogP contribution is 2.28. The monoisotopic (exact) mass is 478 g/mol. The number of nitrogens with zero attached hydrogens (tertiary/aromatic N) is 2. The standard InChI is InChI=1S/C30H26N2O4/c1-9-25(10-2-21(1)23-5-13-27(14-6-23)34-19-29-20-35-29)31-32-26-11-3-22(4-12-26)24-7-15-28(16-8-24)36-30-17-33-18-30/h1-16,29-30H,17-20H2/b32-31+. The van der Waals surface area contributed by atoms with E-state index in [0.29, 0.717) is 19.8 Å². The summed E-state index contributed by atoms with van der Waals surface area (Å²) >= 11 is 0. The highest BCUT2D eigenvalue weighted by Gasteiger charge is 2.23. The van der Waals surface area contributed by atoms with Crippen LogP contribution in [-0.4, -0.2) is 38.6 Å². The van der Waals surface area contributed by atoms with Crippen molar-refractivity contribution in [3.63, 3.8) is 0 Å². The van der Waals surface area contributed by atoms with Crippen LogP contribution in [0.15, 0.2) is 107 Å². The van der Waals surface area contributed by atoms with E-state index in [0.717, 1.165) is 51.7 Å². The molecule has 0 amide bonds. The van der Waals surface area contributed by atoms with Gasteiger partial charge in [0, 0.05) is 0 Å². The molecule has 36 heavy (non-hydrogen) atoms. The van der Waals surface area contributed by atoms with Crippen LogP contribution in [0.5, 0.6) is 11.5 Å². The second kappa shape index (κ2) is 10.3. The Kier molecular flexibility index (Phi) is 6.44. The fraction of sp³-hybridized carbons (Fsp3) is 0.200. The maximum absolute atomic E-state index is 5.83. The molecule has 0 saturated carbocycles. The summed E-state index contributed by atoms with van der Waals surface area (Å²) in [6.45, 7) is 2.75. The van der Waals surface area contributed by atoms with Gasteiger partial charge in [-0.15, -0.1) is 0 Å². The van der Waals surface area contributed by atoms with Crippen LogP contribution in [0, 0.1) is 0 Å². The zero-order valence-electron chi connectivity index (χ0n) is 19.7. The number of hydrogen-bond donors (Lipinski definition) is 0. The predicted octanol–water partition coefficient (Wildman–Crippen LogP) is 6.99. The molecule has 180 valence electrons. The van der Waals surface area contributed by atoms with Gasteiger partial charge in [0.05, 0.1) is 31.2 Å². The molecule has 6 rings (SSSR count). The second-order valence-electron chi connectivity index (χ2n) is 8.89. The maximum Gasteiger partial charge on any atom is 0.145 e. The first-order valence-electron chi connectivity index (χ1n) is 12.1. The molecular weight excluding hydrogens is 452 g/mol. The van der Waals surface area contributed by atoms with E-state index in [4.69, 9.17) is 18.9 Å². The summed E-state index contributed by atoms with van der Waals surface area (Å²) in [6.07, 6.45) is 0.436. The molecule has 1 unspecified atom stereocenters. The zero-order chi connectivity index (χ0) is 24.2. The molecule has 6 heteroatoms. The number of benzene rings is 4. The van der Waals surface area contributed by atoms with Crippen LogP contribution < -0.4 is 9.47 Å². The number of ether oxygens (including phenoxy) is 4. The Hall–Kier alpha value is -4.00. The van der Waals surface area contributed by atoms with Crippen molar-refractivity contribution in [2.75, 3.05) is 26.4 Å². The second-order valence-corrected chi connectivity index (χ2v) is 8.89. The van der Waals surface area contributed by atoms with Gasteiger partial charge in [-0.25, -0.2) is 0 Å². The van der Waals surface area contributed by atoms with E-state index >= 15 is 0 Å². The SMILES string of the molecule is c1cc(-c2ccc(OCC3CO3)cc2)ccc1/N=N/c1ccc(-c2ccc(OC3COC3)cc2)cc1. The van der Waals surface area contributed by atoms with E-state index < -0.39 is 0 Å². The minimum Gasteiger partial charge on any atom is -0.491 e. The molecule has 0 spiro atoms. The average Bonchev–Trinajstić information content (AvgIpc) is 3.75. The molecule has 0 aromatic heterocycles. The fourth-order valence-electron chi connectivity index (χ4n) is 3.85. The summed E-state index contributed by atoms with van der Waals surface area (Å²) in [7, 11) is 0. The molecule has 2 fully saturated rings. The summed E-state index contributed by atoms with van der Waals surface area (Å²) in [5.41, 5.74) is 6.10. The molecule has 4 aromatic rings. The molecule has 0 N–H and O–H groups in total. The Bertz CT molecular complexity index is 1310. The molecule has 2 saturated heterocycles. The molecule has 2 aliphatic heterocycles. The quantitative estimate of drug-likeness (QED) is 0.192. The average molecular weight is 479 g/mol. The van der Waals surface area contributed by atoms with Crippen LogP contribution in [0.2, 0.25) is 0 Å². The zero-order valence-corrected chi connectivity index (χ0v) is 19.7. The van der Waals surface area contributed by atoms with Gasteiger partial charge in [-0.1, -0.05) is 48.5 Å². The van der Waals surface area contributed by atoms with Crippen molar-refractivity contribution in [3.8, 4) is 33.8 Å². The van der Waals surface area contributed by atoms with Gasteiger partial charge in [0.1, 0.15) is 30.3 Å². The van der Waals surface area contributed by atoms with Crippen LogP contribution in [-0.2, 0) is 9.47 Å². The van der Waals surface area contributed by atoms with Crippen molar-refractivity contribution in [2.24, 2.45) is 10.2 Å². The van der Waals surface area contributed by atoms with E-state index in [2.05, 4.69) is 58.8 Å². The van der Waals surface area contributed by atoms with Gasteiger partial charge in [0.25, 0.3) is 0 Å². The highest BCUT2D eigenvalue weighted by atomic mass is 16.6. The van der Waals surface area contributed by atoms with Gasteiger partial charge in [-0.05, 0) is 70.8 Å². The lowest BCUT2D eigenvalue weighted by Gasteiger charge is -2.26. The lowest BCUT2D eigenvalue weighted by Crippen LogP contribution is -2.38. The topological polar surface area (TPSA) is 64.9 Å². The molecule has 1 atom stereocenters. The first kappa shape index (κ1) is 22.5. The smallest absolute Gasteiger partial charge is 0.145 e. The number of hydrogen-bond acceptors (Lipinski definition) is 6. The molecule has 4 aromatic carbocycles. The van der Waals surface area contributed by atoms with Crippen LogP contribution >= 0.6 is 0 Å². The summed E-state index contributed by atoms with van der Waals surface area (Å²) in [5.74, 6) is 1.73. The van der Waals surface area contributed by atoms with Crippen LogP contribution in [0.4, 0.5) is 11.4 Å². The third-order valence-corrected chi connectivity index (χ3v) is 6.14. The molecular formula is C30H26N2O4. The molecule has 0 radical (unpaired) electrons. The Balaban J connectivity index is 1.05. The normalized spacial score (nSPS) is 17.1.